The number of hydrogen-bond acceptors (Lipinski definition) is 1. The van der Waals surface area contributed by atoms with Crippen LogP contribution in [0.4, 0.5) is 0 Å². The third-order valence-electron chi connectivity index (χ3n) is 2.40. The van der Waals surface area contributed by atoms with Crippen LogP contribution in [0, 0.1) is 0 Å². The largest absolute Gasteiger partial charge is 0.379 e. The Balaban J connectivity index is 3.01. The van der Waals surface area contributed by atoms with Crippen molar-refractivity contribution in [3.63, 3.8) is 0 Å². The second kappa shape index (κ2) is 3.18. The molecular formula is C11H17N. The maximum Gasteiger partial charge on any atom is 0.0478 e. The summed E-state index contributed by atoms with van der Waals surface area (Å²) in [6.07, 6.45) is 1.11. The summed E-state index contributed by atoms with van der Waals surface area (Å²) in [4.78, 5) is 0. The number of hydrogen-bond donors (Lipinski definition) is 1. The van der Waals surface area contributed by atoms with Crippen molar-refractivity contribution in [3.05, 3.63) is 35.6 Å². The van der Waals surface area contributed by atoms with Crippen LogP contribution in [-0.4, -0.2) is 6.04 Å². The molecule has 0 radical (unpaired) electrons. The molecule has 1 N–H and O–H groups in total. The number of allylic oxidation sites excluding steroid dienone is 1. The Morgan fingerprint density at radius 2 is 2.17 bits per heavy atom. The van der Waals surface area contributed by atoms with Gasteiger partial charge in [0.05, 0.1) is 0 Å². The molecule has 0 saturated heterocycles. The lowest BCUT2D eigenvalue weighted by Gasteiger charge is -2.09. The van der Waals surface area contributed by atoms with Gasteiger partial charge in [0.15, 0.2) is 0 Å². The molecule has 0 aromatic carbocycles. The fourth-order valence-corrected chi connectivity index (χ4v) is 1.81. The van der Waals surface area contributed by atoms with E-state index in [4.69, 9.17) is 0 Å². The Labute approximate surface area is 74.9 Å². The Morgan fingerprint density at radius 1 is 1.58 bits per heavy atom. The van der Waals surface area contributed by atoms with Crippen LogP contribution in [-0.2, 0) is 0 Å². The SMILES string of the molecule is C=C(C)C1=C(C)[C@H](CC)NC1=C. The molecule has 1 aliphatic rings. The Bertz CT molecular complexity index is 258. The molecule has 0 fully saturated rings. The first-order chi connectivity index (χ1) is 5.57. The summed E-state index contributed by atoms with van der Waals surface area (Å²) in [6.45, 7) is 14.3. The molecule has 1 aliphatic heterocycles. The average molecular weight is 163 g/mol. The van der Waals surface area contributed by atoms with E-state index < -0.39 is 0 Å². The van der Waals surface area contributed by atoms with E-state index in [1.807, 2.05) is 6.92 Å². The van der Waals surface area contributed by atoms with Crippen LogP contribution in [0.15, 0.2) is 35.6 Å². The van der Waals surface area contributed by atoms with Crippen molar-refractivity contribution in [2.24, 2.45) is 0 Å². The van der Waals surface area contributed by atoms with Crippen LogP contribution in [0.3, 0.4) is 0 Å². The molecule has 0 saturated carbocycles. The third-order valence-corrected chi connectivity index (χ3v) is 2.40. The van der Waals surface area contributed by atoms with Gasteiger partial charge in [-0.2, -0.15) is 0 Å². The van der Waals surface area contributed by atoms with Gasteiger partial charge in [0.25, 0.3) is 0 Å². The normalized spacial score (nSPS) is 22.9. The van der Waals surface area contributed by atoms with Gasteiger partial charge in [-0.15, -0.1) is 0 Å². The van der Waals surface area contributed by atoms with Gasteiger partial charge < -0.3 is 5.32 Å². The van der Waals surface area contributed by atoms with E-state index in [2.05, 4.69) is 32.3 Å². The summed E-state index contributed by atoms with van der Waals surface area (Å²) in [6, 6.07) is 0.476. The predicted molar refractivity (Wildman–Crippen MR) is 53.9 cm³/mol. The summed E-state index contributed by atoms with van der Waals surface area (Å²) in [5.74, 6) is 0. The maximum absolute atomic E-state index is 3.98. The van der Waals surface area contributed by atoms with Crippen molar-refractivity contribution in [3.8, 4) is 0 Å². The minimum atomic E-state index is 0.476. The van der Waals surface area contributed by atoms with Gasteiger partial charge in [-0.3, -0.25) is 0 Å². The lowest BCUT2D eigenvalue weighted by molar-refractivity contribution is 0.658. The van der Waals surface area contributed by atoms with Crippen molar-refractivity contribution in [1.29, 1.82) is 0 Å². The summed E-state index contributed by atoms with van der Waals surface area (Å²) in [7, 11) is 0. The first-order valence-electron chi connectivity index (χ1n) is 4.40. The molecule has 1 heteroatoms. The van der Waals surface area contributed by atoms with Crippen LogP contribution < -0.4 is 5.32 Å². The van der Waals surface area contributed by atoms with Crippen molar-refractivity contribution in [2.75, 3.05) is 0 Å². The monoisotopic (exact) mass is 163 g/mol. The second-order valence-electron chi connectivity index (χ2n) is 3.42. The molecule has 12 heavy (non-hydrogen) atoms. The minimum Gasteiger partial charge on any atom is -0.379 e. The standard InChI is InChI=1S/C11H17N/c1-6-10-8(4)11(7(2)3)9(5)12-10/h10,12H,2,5-6H2,1,3-4H3/t10-/m0/s1. The zero-order chi connectivity index (χ0) is 9.30. The molecule has 1 heterocycles. The van der Waals surface area contributed by atoms with Crippen LogP contribution in [0.2, 0.25) is 0 Å². The smallest absolute Gasteiger partial charge is 0.0478 e. The third kappa shape index (κ3) is 1.31. The Morgan fingerprint density at radius 3 is 2.42 bits per heavy atom. The van der Waals surface area contributed by atoms with Crippen molar-refractivity contribution in [1.82, 2.24) is 5.32 Å². The molecule has 0 unspecified atom stereocenters. The molecule has 0 bridgehead atoms. The van der Waals surface area contributed by atoms with E-state index in [1.165, 1.54) is 11.1 Å². The zero-order valence-electron chi connectivity index (χ0n) is 8.20. The zero-order valence-corrected chi connectivity index (χ0v) is 8.20. The summed E-state index contributed by atoms with van der Waals surface area (Å²) < 4.78 is 0. The summed E-state index contributed by atoms with van der Waals surface area (Å²) in [5, 5.41) is 3.36. The fourth-order valence-electron chi connectivity index (χ4n) is 1.81. The highest BCUT2D eigenvalue weighted by molar-refractivity contribution is 5.51. The van der Waals surface area contributed by atoms with Gasteiger partial charge in [0.2, 0.25) is 0 Å². The second-order valence-corrected chi connectivity index (χ2v) is 3.42. The number of nitrogens with one attached hydrogen (secondary N) is 1. The Kier molecular flexibility index (Phi) is 2.41. The molecule has 0 aliphatic carbocycles. The number of rotatable bonds is 2. The first kappa shape index (κ1) is 9.11. The molecule has 0 spiro atoms. The van der Waals surface area contributed by atoms with Crippen molar-refractivity contribution in [2.45, 2.75) is 33.2 Å². The van der Waals surface area contributed by atoms with Crippen LogP contribution >= 0.6 is 0 Å². The topological polar surface area (TPSA) is 12.0 Å². The molecule has 1 rings (SSSR count). The fraction of sp³-hybridized carbons (Fsp3) is 0.455. The van der Waals surface area contributed by atoms with Gasteiger partial charge >= 0.3 is 0 Å². The van der Waals surface area contributed by atoms with Crippen molar-refractivity contribution < 1.29 is 0 Å². The quantitative estimate of drug-likeness (QED) is 0.660. The van der Waals surface area contributed by atoms with Crippen LogP contribution in [0.5, 0.6) is 0 Å². The molecule has 0 aromatic rings. The summed E-state index contributed by atoms with van der Waals surface area (Å²) >= 11 is 0. The minimum absolute atomic E-state index is 0.476. The van der Waals surface area contributed by atoms with Crippen LogP contribution in [0.25, 0.3) is 0 Å². The molecule has 66 valence electrons. The lowest BCUT2D eigenvalue weighted by Crippen LogP contribution is -2.21. The molecule has 1 atom stereocenters. The molecule has 1 nitrogen and oxygen atoms in total. The van der Waals surface area contributed by atoms with Gasteiger partial charge in [-0.25, -0.2) is 0 Å². The highest BCUT2D eigenvalue weighted by Gasteiger charge is 2.22. The maximum atomic E-state index is 3.98. The highest BCUT2D eigenvalue weighted by atomic mass is 15.0. The van der Waals surface area contributed by atoms with Crippen molar-refractivity contribution >= 4 is 0 Å². The van der Waals surface area contributed by atoms with E-state index in [1.54, 1.807) is 0 Å². The van der Waals surface area contributed by atoms with Gasteiger partial charge in [-0.05, 0) is 31.4 Å². The average Bonchev–Trinajstić information content (AvgIpc) is 2.25. The van der Waals surface area contributed by atoms with Gasteiger partial charge in [0.1, 0.15) is 0 Å². The van der Waals surface area contributed by atoms with Crippen LogP contribution in [0.1, 0.15) is 27.2 Å². The molecular weight excluding hydrogens is 146 g/mol. The van der Waals surface area contributed by atoms with Gasteiger partial charge in [0, 0.05) is 17.3 Å². The van der Waals surface area contributed by atoms with Gasteiger partial charge in [-0.1, -0.05) is 20.1 Å². The predicted octanol–water partition coefficient (Wildman–Crippen LogP) is 2.77. The van der Waals surface area contributed by atoms with E-state index in [0.29, 0.717) is 6.04 Å². The van der Waals surface area contributed by atoms with E-state index in [9.17, 15) is 0 Å². The molecule has 0 amide bonds. The van der Waals surface area contributed by atoms with E-state index in [-0.39, 0.29) is 0 Å². The molecule has 0 aromatic heterocycles. The highest BCUT2D eigenvalue weighted by Crippen LogP contribution is 2.29. The Hall–Kier alpha value is -0.980. The first-order valence-corrected chi connectivity index (χ1v) is 4.40. The summed E-state index contributed by atoms with van der Waals surface area (Å²) in [5.41, 5.74) is 4.77. The van der Waals surface area contributed by atoms with E-state index >= 15 is 0 Å². The lowest BCUT2D eigenvalue weighted by atomic mass is 10.0. The van der Waals surface area contributed by atoms with E-state index in [0.717, 1.165) is 17.7 Å².